The lowest BCUT2D eigenvalue weighted by molar-refractivity contribution is -0.138. The molecule has 2 unspecified atom stereocenters. The molecule has 1 aliphatic heterocycles. The standard InChI is InChI=1S/C12H20N2O4/c1-8(7-11(16)17)6-10(15)14-9-4-2-3-5-13-12(9)18/h8-9H,2-7H2,1H3,(H,13,18)(H,14,15)(H,16,17). The monoisotopic (exact) mass is 256 g/mol. The summed E-state index contributed by atoms with van der Waals surface area (Å²) in [6.45, 7) is 2.36. The van der Waals surface area contributed by atoms with Gasteiger partial charge in [0.1, 0.15) is 6.04 Å². The van der Waals surface area contributed by atoms with Crippen molar-refractivity contribution in [2.75, 3.05) is 6.54 Å². The second-order valence-corrected chi connectivity index (χ2v) is 4.81. The Morgan fingerprint density at radius 1 is 1.44 bits per heavy atom. The maximum absolute atomic E-state index is 11.7. The minimum atomic E-state index is -0.914. The molecule has 2 atom stereocenters. The van der Waals surface area contributed by atoms with E-state index in [1.807, 2.05) is 0 Å². The van der Waals surface area contributed by atoms with E-state index in [-0.39, 0.29) is 30.6 Å². The molecule has 2 amide bonds. The summed E-state index contributed by atoms with van der Waals surface area (Å²) in [5.41, 5.74) is 0. The predicted molar refractivity (Wildman–Crippen MR) is 64.8 cm³/mol. The lowest BCUT2D eigenvalue weighted by Gasteiger charge is -2.16. The number of carbonyl (C=O) groups excluding carboxylic acids is 2. The van der Waals surface area contributed by atoms with Crippen LogP contribution in [0.3, 0.4) is 0 Å². The highest BCUT2D eigenvalue weighted by molar-refractivity contribution is 5.87. The molecular weight excluding hydrogens is 236 g/mol. The van der Waals surface area contributed by atoms with E-state index < -0.39 is 12.0 Å². The summed E-state index contributed by atoms with van der Waals surface area (Å²) in [5, 5.41) is 14.0. The van der Waals surface area contributed by atoms with Gasteiger partial charge < -0.3 is 15.7 Å². The highest BCUT2D eigenvalue weighted by Crippen LogP contribution is 2.09. The molecule has 0 aromatic carbocycles. The van der Waals surface area contributed by atoms with Gasteiger partial charge in [-0.15, -0.1) is 0 Å². The number of hydrogen-bond donors (Lipinski definition) is 3. The van der Waals surface area contributed by atoms with Crippen LogP contribution < -0.4 is 10.6 Å². The van der Waals surface area contributed by atoms with Gasteiger partial charge in [0.15, 0.2) is 0 Å². The predicted octanol–water partition coefficient (Wildman–Crippen LogP) is 0.272. The second kappa shape index (κ2) is 6.98. The van der Waals surface area contributed by atoms with E-state index in [4.69, 9.17) is 5.11 Å². The van der Waals surface area contributed by atoms with Crippen LogP contribution in [0.4, 0.5) is 0 Å². The van der Waals surface area contributed by atoms with Crippen LogP contribution >= 0.6 is 0 Å². The van der Waals surface area contributed by atoms with Crippen molar-refractivity contribution in [1.29, 1.82) is 0 Å². The van der Waals surface area contributed by atoms with Gasteiger partial charge >= 0.3 is 5.97 Å². The summed E-state index contributed by atoms with van der Waals surface area (Å²) >= 11 is 0. The Morgan fingerprint density at radius 2 is 2.17 bits per heavy atom. The van der Waals surface area contributed by atoms with Gasteiger partial charge in [0.05, 0.1) is 0 Å². The minimum Gasteiger partial charge on any atom is -0.481 e. The zero-order valence-electron chi connectivity index (χ0n) is 10.6. The van der Waals surface area contributed by atoms with Crippen molar-refractivity contribution in [1.82, 2.24) is 10.6 Å². The van der Waals surface area contributed by atoms with E-state index in [1.54, 1.807) is 6.92 Å². The van der Waals surface area contributed by atoms with Gasteiger partial charge in [-0.2, -0.15) is 0 Å². The first-order valence-corrected chi connectivity index (χ1v) is 6.28. The molecule has 1 aliphatic rings. The Kier molecular flexibility index (Phi) is 5.61. The molecule has 6 nitrogen and oxygen atoms in total. The third-order valence-corrected chi connectivity index (χ3v) is 2.93. The smallest absolute Gasteiger partial charge is 0.303 e. The summed E-state index contributed by atoms with van der Waals surface area (Å²) in [6, 6.07) is -0.475. The lowest BCUT2D eigenvalue weighted by Crippen LogP contribution is -2.45. The zero-order chi connectivity index (χ0) is 13.5. The number of carbonyl (C=O) groups is 3. The van der Waals surface area contributed by atoms with Crippen LogP contribution in [-0.4, -0.2) is 35.5 Å². The SMILES string of the molecule is CC(CC(=O)O)CC(=O)NC1CCCCNC1=O. The maximum atomic E-state index is 11.7. The molecule has 1 fully saturated rings. The van der Waals surface area contributed by atoms with Crippen LogP contribution in [0.5, 0.6) is 0 Å². The third kappa shape index (κ3) is 5.16. The molecule has 1 heterocycles. The normalized spacial score (nSPS) is 21.6. The van der Waals surface area contributed by atoms with Crippen LogP contribution in [0.2, 0.25) is 0 Å². The molecule has 1 rings (SSSR count). The van der Waals surface area contributed by atoms with Crippen LogP contribution in [0, 0.1) is 5.92 Å². The van der Waals surface area contributed by atoms with Crippen LogP contribution in [0.1, 0.15) is 39.0 Å². The summed E-state index contributed by atoms with van der Waals surface area (Å²) in [5.74, 6) is -1.55. The van der Waals surface area contributed by atoms with Gasteiger partial charge in [-0.05, 0) is 25.2 Å². The maximum Gasteiger partial charge on any atom is 0.303 e. The van der Waals surface area contributed by atoms with Gasteiger partial charge in [0.2, 0.25) is 11.8 Å². The Morgan fingerprint density at radius 3 is 2.83 bits per heavy atom. The first-order chi connectivity index (χ1) is 8.49. The Hall–Kier alpha value is -1.59. The topological polar surface area (TPSA) is 95.5 Å². The van der Waals surface area contributed by atoms with Crippen LogP contribution in [-0.2, 0) is 14.4 Å². The number of hydrogen-bond acceptors (Lipinski definition) is 3. The number of rotatable bonds is 5. The van der Waals surface area contributed by atoms with Gasteiger partial charge in [-0.25, -0.2) is 0 Å². The Balaban J connectivity index is 2.38. The molecule has 1 saturated heterocycles. The third-order valence-electron chi connectivity index (χ3n) is 2.93. The summed E-state index contributed by atoms with van der Waals surface area (Å²) in [6.07, 6.45) is 2.56. The molecular formula is C12H20N2O4. The van der Waals surface area contributed by atoms with E-state index in [2.05, 4.69) is 10.6 Å². The lowest BCUT2D eigenvalue weighted by atomic mass is 10.0. The van der Waals surface area contributed by atoms with Crippen LogP contribution in [0.15, 0.2) is 0 Å². The quantitative estimate of drug-likeness (QED) is 0.658. The number of carboxylic acid groups (broad SMARTS) is 1. The van der Waals surface area contributed by atoms with Crippen molar-refractivity contribution < 1.29 is 19.5 Å². The zero-order valence-corrected chi connectivity index (χ0v) is 10.6. The highest BCUT2D eigenvalue weighted by atomic mass is 16.4. The Labute approximate surface area is 106 Å². The van der Waals surface area contributed by atoms with Gasteiger partial charge in [0.25, 0.3) is 0 Å². The molecule has 0 bridgehead atoms. The van der Waals surface area contributed by atoms with E-state index in [1.165, 1.54) is 0 Å². The number of amides is 2. The molecule has 0 saturated carbocycles. The average molecular weight is 256 g/mol. The second-order valence-electron chi connectivity index (χ2n) is 4.81. The molecule has 0 aliphatic carbocycles. The van der Waals surface area contributed by atoms with E-state index >= 15 is 0 Å². The summed E-state index contributed by atoms with van der Waals surface area (Å²) in [7, 11) is 0. The van der Waals surface area contributed by atoms with Crippen molar-refractivity contribution in [3.63, 3.8) is 0 Å². The minimum absolute atomic E-state index is 0.0374. The summed E-state index contributed by atoms with van der Waals surface area (Å²) in [4.78, 5) is 33.8. The van der Waals surface area contributed by atoms with Crippen molar-refractivity contribution in [2.24, 2.45) is 5.92 Å². The van der Waals surface area contributed by atoms with E-state index in [0.29, 0.717) is 13.0 Å². The molecule has 0 radical (unpaired) electrons. The first-order valence-electron chi connectivity index (χ1n) is 6.28. The fraction of sp³-hybridized carbons (Fsp3) is 0.750. The van der Waals surface area contributed by atoms with Crippen molar-refractivity contribution in [2.45, 2.75) is 45.1 Å². The first kappa shape index (κ1) is 14.5. The molecule has 6 heteroatoms. The van der Waals surface area contributed by atoms with Crippen molar-refractivity contribution >= 4 is 17.8 Å². The average Bonchev–Trinajstić information content (AvgIpc) is 2.43. The van der Waals surface area contributed by atoms with E-state index in [9.17, 15) is 14.4 Å². The number of nitrogens with one attached hydrogen (secondary N) is 2. The number of aliphatic carboxylic acids is 1. The van der Waals surface area contributed by atoms with Gasteiger partial charge in [-0.1, -0.05) is 6.92 Å². The molecule has 0 aromatic heterocycles. The fourth-order valence-electron chi connectivity index (χ4n) is 2.02. The van der Waals surface area contributed by atoms with Gasteiger partial charge in [0, 0.05) is 19.4 Å². The Bertz CT molecular complexity index is 330. The molecule has 102 valence electrons. The molecule has 3 N–H and O–H groups in total. The van der Waals surface area contributed by atoms with Crippen molar-refractivity contribution in [3.05, 3.63) is 0 Å². The van der Waals surface area contributed by atoms with Crippen molar-refractivity contribution in [3.8, 4) is 0 Å². The van der Waals surface area contributed by atoms with Crippen LogP contribution in [0.25, 0.3) is 0 Å². The highest BCUT2D eigenvalue weighted by Gasteiger charge is 2.23. The molecule has 18 heavy (non-hydrogen) atoms. The van der Waals surface area contributed by atoms with Gasteiger partial charge in [-0.3, -0.25) is 14.4 Å². The molecule has 0 aromatic rings. The van der Waals surface area contributed by atoms with E-state index in [0.717, 1.165) is 12.8 Å². The fourth-order valence-corrected chi connectivity index (χ4v) is 2.02. The summed E-state index contributed by atoms with van der Waals surface area (Å²) < 4.78 is 0. The largest absolute Gasteiger partial charge is 0.481 e. The molecule has 0 spiro atoms. The number of carboxylic acids is 1.